The van der Waals surface area contributed by atoms with Gasteiger partial charge in [-0.2, -0.15) is 0 Å². The van der Waals surface area contributed by atoms with E-state index in [1.165, 1.54) is 167 Å². The van der Waals surface area contributed by atoms with E-state index in [1.54, 1.807) is 0 Å². The topological polar surface area (TPSA) is 78.9 Å². The molecule has 0 spiro atoms. The van der Waals surface area contributed by atoms with Crippen molar-refractivity contribution in [2.45, 2.75) is 316 Å². The van der Waals surface area contributed by atoms with Crippen LogP contribution in [0.1, 0.15) is 310 Å². The Labute approximate surface area is 446 Å². The van der Waals surface area contributed by atoms with Gasteiger partial charge in [0.05, 0.1) is 0 Å². The molecule has 0 fully saturated rings. The van der Waals surface area contributed by atoms with Crippen molar-refractivity contribution in [2.24, 2.45) is 0 Å². The van der Waals surface area contributed by atoms with Crippen LogP contribution in [0.2, 0.25) is 0 Å². The second-order valence-corrected chi connectivity index (χ2v) is 20.6. The molecule has 0 N–H and O–H groups in total. The Kier molecular flexibility index (Phi) is 57.8. The molecular weight excluding hydrogens is 889 g/mol. The predicted octanol–water partition coefficient (Wildman–Crippen LogP) is 20.9. The number of unbranched alkanes of at least 4 members (excludes halogenated alkanes) is 33. The molecule has 0 aromatic heterocycles. The summed E-state index contributed by atoms with van der Waals surface area (Å²) in [6.07, 6.45) is 77.7. The molecule has 0 saturated heterocycles. The Balaban J connectivity index is 4.16. The lowest BCUT2D eigenvalue weighted by Gasteiger charge is -2.18. The van der Waals surface area contributed by atoms with E-state index in [2.05, 4.69) is 93.7 Å². The second-order valence-electron chi connectivity index (χ2n) is 20.6. The summed E-state index contributed by atoms with van der Waals surface area (Å²) in [7, 11) is 0. The van der Waals surface area contributed by atoms with Crippen LogP contribution in [-0.2, 0) is 28.6 Å². The second kappa shape index (κ2) is 60.4. The Bertz CT molecular complexity index is 1340. The molecule has 0 aliphatic carbocycles. The first-order valence-corrected chi connectivity index (χ1v) is 30.9. The van der Waals surface area contributed by atoms with Crippen LogP contribution in [0.25, 0.3) is 0 Å². The van der Waals surface area contributed by atoms with Crippen LogP contribution < -0.4 is 0 Å². The highest BCUT2D eigenvalue weighted by Gasteiger charge is 2.19. The first-order chi connectivity index (χ1) is 35.5. The molecule has 0 rings (SSSR count). The van der Waals surface area contributed by atoms with Crippen LogP contribution in [-0.4, -0.2) is 37.2 Å². The van der Waals surface area contributed by atoms with Crippen molar-refractivity contribution in [1.29, 1.82) is 0 Å². The van der Waals surface area contributed by atoms with Crippen LogP contribution in [0.4, 0.5) is 0 Å². The van der Waals surface area contributed by atoms with E-state index in [1.807, 2.05) is 0 Å². The van der Waals surface area contributed by atoms with Gasteiger partial charge in [-0.05, 0) is 83.5 Å². The van der Waals surface area contributed by atoms with Crippen molar-refractivity contribution in [3.05, 3.63) is 72.9 Å². The van der Waals surface area contributed by atoms with Gasteiger partial charge in [0.25, 0.3) is 0 Å². The Hall–Kier alpha value is -3.15. The zero-order valence-corrected chi connectivity index (χ0v) is 47.7. The molecule has 416 valence electrons. The molecule has 0 heterocycles. The Morgan fingerprint density at radius 3 is 0.917 bits per heavy atom. The van der Waals surface area contributed by atoms with Crippen molar-refractivity contribution in [3.8, 4) is 0 Å². The molecule has 0 aliphatic rings. The first-order valence-electron chi connectivity index (χ1n) is 30.9. The van der Waals surface area contributed by atoms with E-state index in [-0.39, 0.29) is 31.1 Å². The van der Waals surface area contributed by atoms with Gasteiger partial charge in [0.1, 0.15) is 13.2 Å². The monoisotopic (exact) mass is 1000 g/mol. The van der Waals surface area contributed by atoms with E-state index in [4.69, 9.17) is 14.2 Å². The van der Waals surface area contributed by atoms with E-state index in [0.717, 1.165) is 103 Å². The molecule has 0 saturated carbocycles. The highest BCUT2D eigenvalue weighted by atomic mass is 16.6. The molecule has 0 aliphatic heterocycles. The Morgan fingerprint density at radius 2 is 0.569 bits per heavy atom. The number of ether oxygens (including phenoxy) is 3. The highest BCUT2D eigenvalue weighted by Crippen LogP contribution is 2.17. The molecular formula is C66H116O6. The third kappa shape index (κ3) is 57.7. The van der Waals surface area contributed by atoms with E-state index in [9.17, 15) is 14.4 Å². The number of hydrogen-bond donors (Lipinski definition) is 0. The van der Waals surface area contributed by atoms with Gasteiger partial charge in [0.15, 0.2) is 6.10 Å². The summed E-state index contributed by atoms with van der Waals surface area (Å²) in [5.74, 6) is -0.874. The summed E-state index contributed by atoms with van der Waals surface area (Å²) < 4.78 is 16.9. The van der Waals surface area contributed by atoms with E-state index >= 15 is 0 Å². The minimum absolute atomic E-state index is 0.0749. The molecule has 1 unspecified atom stereocenters. The van der Waals surface area contributed by atoms with Gasteiger partial charge in [0.2, 0.25) is 0 Å². The number of esters is 3. The van der Waals surface area contributed by atoms with E-state index < -0.39 is 6.10 Å². The van der Waals surface area contributed by atoms with E-state index in [0.29, 0.717) is 19.3 Å². The number of hydrogen-bond acceptors (Lipinski definition) is 6. The van der Waals surface area contributed by atoms with Crippen molar-refractivity contribution in [3.63, 3.8) is 0 Å². The third-order valence-corrected chi connectivity index (χ3v) is 13.4. The van der Waals surface area contributed by atoms with Crippen molar-refractivity contribution >= 4 is 17.9 Å². The first kappa shape index (κ1) is 68.8. The molecule has 0 aromatic carbocycles. The lowest BCUT2D eigenvalue weighted by Crippen LogP contribution is -2.30. The maximum absolute atomic E-state index is 12.8. The highest BCUT2D eigenvalue weighted by molar-refractivity contribution is 5.71. The predicted molar refractivity (Wildman–Crippen MR) is 311 cm³/mol. The van der Waals surface area contributed by atoms with Gasteiger partial charge in [-0.1, -0.05) is 280 Å². The minimum Gasteiger partial charge on any atom is -0.462 e. The minimum atomic E-state index is -0.775. The molecule has 6 heteroatoms. The standard InChI is InChI=1S/C66H116O6/c1-4-7-10-13-16-19-22-24-26-27-28-29-30-31-32-33-34-35-36-37-38-39-41-42-44-47-50-53-56-59-65(68)71-62-63(61-70-64(67)58-55-52-49-46-21-18-15-12-9-6-3)72-66(69)60-57-54-51-48-45-43-40-25-23-20-17-14-11-8-5-2/h7,10,12,15-16,19,24,26,28-29,31-32,63H,4-6,8-9,11,13-14,17-18,20-23,25,27,30,33-62H2,1-3H3/b10-7-,15-12-,19-16-,26-24-,29-28-,32-31-. The fourth-order valence-electron chi connectivity index (χ4n) is 8.83. The van der Waals surface area contributed by atoms with Crippen LogP contribution in [0.3, 0.4) is 0 Å². The number of allylic oxidation sites excluding steroid dienone is 12. The molecule has 72 heavy (non-hydrogen) atoms. The summed E-state index contributed by atoms with van der Waals surface area (Å²) in [5, 5.41) is 0. The van der Waals surface area contributed by atoms with Gasteiger partial charge >= 0.3 is 17.9 Å². The molecule has 6 nitrogen and oxygen atoms in total. The summed E-state index contributed by atoms with van der Waals surface area (Å²) in [6.45, 7) is 6.49. The summed E-state index contributed by atoms with van der Waals surface area (Å²) in [6, 6.07) is 0. The fraction of sp³-hybridized carbons (Fsp3) is 0.773. The molecule has 0 bridgehead atoms. The smallest absolute Gasteiger partial charge is 0.306 e. The third-order valence-electron chi connectivity index (χ3n) is 13.4. The van der Waals surface area contributed by atoms with Gasteiger partial charge in [-0.3, -0.25) is 14.4 Å². The molecule has 0 amide bonds. The summed E-state index contributed by atoms with van der Waals surface area (Å²) in [5.41, 5.74) is 0. The average Bonchev–Trinajstić information content (AvgIpc) is 3.38. The normalized spacial score (nSPS) is 12.5. The number of carbonyl (C=O) groups is 3. The average molecular weight is 1010 g/mol. The summed E-state index contributed by atoms with van der Waals surface area (Å²) >= 11 is 0. The van der Waals surface area contributed by atoms with Crippen LogP contribution >= 0.6 is 0 Å². The van der Waals surface area contributed by atoms with Crippen molar-refractivity contribution in [2.75, 3.05) is 13.2 Å². The lowest BCUT2D eigenvalue weighted by atomic mass is 10.0. The number of rotatable bonds is 56. The summed E-state index contributed by atoms with van der Waals surface area (Å²) in [4.78, 5) is 38.1. The van der Waals surface area contributed by atoms with Gasteiger partial charge in [-0.15, -0.1) is 0 Å². The Morgan fingerprint density at radius 1 is 0.292 bits per heavy atom. The van der Waals surface area contributed by atoms with Crippen LogP contribution in [0.5, 0.6) is 0 Å². The van der Waals surface area contributed by atoms with Crippen LogP contribution in [0.15, 0.2) is 72.9 Å². The lowest BCUT2D eigenvalue weighted by molar-refractivity contribution is -0.167. The van der Waals surface area contributed by atoms with Crippen molar-refractivity contribution in [1.82, 2.24) is 0 Å². The quantitative estimate of drug-likeness (QED) is 0.0261. The largest absolute Gasteiger partial charge is 0.462 e. The van der Waals surface area contributed by atoms with Crippen molar-refractivity contribution < 1.29 is 28.6 Å². The number of carbonyl (C=O) groups excluding carboxylic acids is 3. The van der Waals surface area contributed by atoms with Gasteiger partial charge < -0.3 is 14.2 Å². The molecule has 0 aromatic rings. The van der Waals surface area contributed by atoms with Crippen LogP contribution in [0, 0.1) is 0 Å². The zero-order valence-electron chi connectivity index (χ0n) is 47.7. The maximum Gasteiger partial charge on any atom is 0.306 e. The maximum atomic E-state index is 12.8. The molecule has 1 atom stereocenters. The van der Waals surface area contributed by atoms with Gasteiger partial charge in [-0.25, -0.2) is 0 Å². The molecule has 0 radical (unpaired) electrons. The fourth-order valence-corrected chi connectivity index (χ4v) is 8.83. The SMILES string of the molecule is CC/C=C\C/C=C\C/C=C\C/C=C\C/C=C\CCCCCCCCCCCCCCCC(=O)OCC(COC(=O)CCCCCCC/C=C\CCC)OC(=O)CCCCCCCCCCCCCCCCC. The van der Waals surface area contributed by atoms with Gasteiger partial charge in [0, 0.05) is 19.3 Å². The zero-order chi connectivity index (χ0) is 52.2.